The van der Waals surface area contributed by atoms with Crippen molar-refractivity contribution in [3.8, 4) is 0 Å². The predicted octanol–water partition coefficient (Wildman–Crippen LogP) is 1.49. The molecule has 98 valence electrons. The summed E-state index contributed by atoms with van der Waals surface area (Å²) in [6.45, 7) is 9.78. The Morgan fingerprint density at radius 3 is 2.35 bits per heavy atom. The third kappa shape index (κ3) is 3.62. The molecule has 2 aliphatic rings. The van der Waals surface area contributed by atoms with Crippen LogP contribution in [-0.2, 0) is 4.79 Å². The van der Waals surface area contributed by atoms with Gasteiger partial charge in [0.25, 0.3) is 0 Å². The Kier molecular flexibility index (Phi) is 4.36. The molecule has 2 aliphatic heterocycles. The molecular weight excluding hydrogens is 232 g/mol. The summed E-state index contributed by atoms with van der Waals surface area (Å²) in [6, 6.07) is 0. The maximum absolute atomic E-state index is 11.6. The number of rotatable bonds is 3. The molecule has 0 aromatic rings. The van der Waals surface area contributed by atoms with E-state index in [2.05, 4.69) is 31.4 Å². The molecule has 4 heteroatoms. The molecule has 2 heterocycles. The third-order valence-electron chi connectivity index (χ3n) is 3.82. The fourth-order valence-electron chi connectivity index (χ4n) is 3.20. The van der Waals surface area contributed by atoms with Crippen molar-refractivity contribution in [1.82, 2.24) is 9.80 Å². The van der Waals surface area contributed by atoms with Crippen molar-refractivity contribution in [2.45, 2.75) is 31.9 Å². The van der Waals surface area contributed by atoms with Crippen molar-refractivity contribution >= 4 is 18.5 Å². The van der Waals surface area contributed by atoms with Gasteiger partial charge in [0, 0.05) is 44.4 Å². The first-order valence-corrected chi connectivity index (χ1v) is 7.24. The first-order chi connectivity index (χ1) is 8.04. The van der Waals surface area contributed by atoms with E-state index in [1.165, 1.54) is 19.5 Å². The second-order valence-corrected chi connectivity index (χ2v) is 6.63. The molecule has 0 aliphatic carbocycles. The summed E-state index contributed by atoms with van der Waals surface area (Å²) in [4.78, 5) is 16.1. The van der Waals surface area contributed by atoms with E-state index in [0.29, 0.717) is 6.42 Å². The van der Waals surface area contributed by atoms with Crippen LogP contribution in [0.2, 0.25) is 0 Å². The molecule has 3 atom stereocenters. The number of hydrogen-bond acceptors (Lipinski definition) is 3. The average Bonchev–Trinajstić information content (AvgIpc) is 2.53. The van der Waals surface area contributed by atoms with E-state index in [0.717, 1.165) is 31.5 Å². The molecule has 2 rings (SSSR count). The molecule has 0 saturated carbocycles. The molecule has 0 spiro atoms. The van der Waals surface area contributed by atoms with Crippen molar-refractivity contribution in [3.63, 3.8) is 0 Å². The highest BCUT2D eigenvalue weighted by Crippen LogP contribution is 2.21. The Morgan fingerprint density at radius 1 is 1.18 bits per heavy atom. The van der Waals surface area contributed by atoms with Crippen molar-refractivity contribution in [2.75, 3.05) is 32.7 Å². The van der Waals surface area contributed by atoms with Gasteiger partial charge in [-0.3, -0.25) is 4.79 Å². The molecule has 0 radical (unpaired) electrons. The van der Waals surface area contributed by atoms with Crippen LogP contribution in [0.15, 0.2) is 0 Å². The van der Waals surface area contributed by atoms with E-state index in [1.54, 1.807) is 0 Å². The summed E-state index contributed by atoms with van der Waals surface area (Å²) in [5, 5.41) is 0.252. The van der Waals surface area contributed by atoms with Crippen LogP contribution in [0, 0.1) is 11.8 Å². The molecule has 1 amide bonds. The van der Waals surface area contributed by atoms with E-state index in [4.69, 9.17) is 0 Å². The van der Waals surface area contributed by atoms with Gasteiger partial charge in [0.2, 0.25) is 5.91 Å². The fraction of sp³-hybridized carbons (Fsp3) is 0.923. The van der Waals surface area contributed by atoms with Crippen LogP contribution < -0.4 is 0 Å². The third-order valence-corrected chi connectivity index (χ3v) is 4.17. The zero-order chi connectivity index (χ0) is 12.4. The van der Waals surface area contributed by atoms with E-state index in [1.807, 2.05) is 4.90 Å². The van der Waals surface area contributed by atoms with Crippen LogP contribution in [0.5, 0.6) is 0 Å². The van der Waals surface area contributed by atoms with Crippen LogP contribution in [0.4, 0.5) is 0 Å². The highest BCUT2D eigenvalue weighted by Gasteiger charge is 2.28. The highest BCUT2D eigenvalue weighted by molar-refractivity contribution is 7.81. The van der Waals surface area contributed by atoms with Crippen molar-refractivity contribution in [3.05, 3.63) is 0 Å². The number of nitrogens with zero attached hydrogens (tertiary/aromatic N) is 2. The summed E-state index contributed by atoms with van der Waals surface area (Å²) in [6.07, 6.45) is 1.97. The summed E-state index contributed by atoms with van der Waals surface area (Å²) in [7, 11) is 0. The molecule has 3 nitrogen and oxygen atoms in total. The van der Waals surface area contributed by atoms with E-state index in [-0.39, 0.29) is 11.2 Å². The normalized spacial score (nSPS) is 35.6. The van der Waals surface area contributed by atoms with Crippen molar-refractivity contribution in [1.29, 1.82) is 0 Å². The number of likely N-dealkylation sites (tertiary alicyclic amines) is 2. The number of piperidine rings is 1. The van der Waals surface area contributed by atoms with Crippen LogP contribution >= 0.6 is 12.6 Å². The molecule has 17 heavy (non-hydrogen) atoms. The van der Waals surface area contributed by atoms with Gasteiger partial charge < -0.3 is 9.80 Å². The summed E-state index contributed by atoms with van der Waals surface area (Å²) >= 11 is 4.38. The number of carbonyl (C=O) groups is 1. The Balaban J connectivity index is 1.76. The van der Waals surface area contributed by atoms with Crippen LogP contribution in [-0.4, -0.2) is 53.7 Å². The van der Waals surface area contributed by atoms with E-state index >= 15 is 0 Å². The van der Waals surface area contributed by atoms with Gasteiger partial charge in [0.1, 0.15) is 0 Å². The minimum Gasteiger partial charge on any atom is -0.340 e. The van der Waals surface area contributed by atoms with Crippen LogP contribution in [0.3, 0.4) is 0 Å². The number of amides is 1. The van der Waals surface area contributed by atoms with Crippen molar-refractivity contribution in [2.24, 2.45) is 11.8 Å². The zero-order valence-corrected chi connectivity index (χ0v) is 11.8. The average molecular weight is 256 g/mol. The lowest BCUT2D eigenvalue weighted by Gasteiger charge is -2.35. The molecule has 0 bridgehead atoms. The number of hydrogen-bond donors (Lipinski definition) is 1. The van der Waals surface area contributed by atoms with Gasteiger partial charge in [-0.1, -0.05) is 13.8 Å². The summed E-state index contributed by atoms with van der Waals surface area (Å²) < 4.78 is 0. The molecule has 0 N–H and O–H groups in total. The number of carbonyl (C=O) groups excluding carboxylic acids is 1. The first-order valence-electron chi connectivity index (χ1n) is 6.72. The van der Waals surface area contributed by atoms with Gasteiger partial charge in [-0.2, -0.15) is 12.6 Å². The first kappa shape index (κ1) is 13.2. The molecular formula is C13H24N2OS. The lowest BCUT2D eigenvalue weighted by atomic mass is 9.92. The van der Waals surface area contributed by atoms with Crippen molar-refractivity contribution < 1.29 is 4.79 Å². The Morgan fingerprint density at radius 2 is 1.82 bits per heavy atom. The van der Waals surface area contributed by atoms with Gasteiger partial charge in [0.05, 0.1) is 0 Å². The van der Waals surface area contributed by atoms with E-state index in [9.17, 15) is 4.79 Å². The molecule has 3 unspecified atom stereocenters. The monoisotopic (exact) mass is 256 g/mol. The van der Waals surface area contributed by atoms with Gasteiger partial charge in [-0.15, -0.1) is 0 Å². The standard InChI is InChI=1S/C13H24N2OS/c1-10-5-11(2)8-14(7-10)3-4-15-9-12(17)6-13(15)16/h10-12,17H,3-9H2,1-2H3. The Bertz CT molecular complexity index is 275. The van der Waals surface area contributed by atoms with Crippen LogP contribution in [0.25, 0.3) is 0 Å². The van der Waals surface area contributed by atoms with Gasteiger partial charge in [-0.25, -0.2) is 0 Å². The maximum Gasteiger partial charge on any atom is 0.223 e. The maximum atomic E-state index is 11.6. The summed E-state index contributed by atoms with van der Waals surface area (Å²) in [5.41, 5.74) is 0. The largest absolute Gasteiger partial charge is 0.340 e. The fourth-order valence-corrected chi connectivity index (χ4v) is 3.56. The lowest BCUT2D eigenvalue weighted by molar-refractivity contribution is -0.127. The zero-order valence-electron chi connectivity index (χ0n) is 10.9. The lowest BCUT2D eigenvalue weighted by Crippen LogP contribution is -2.43. The molecule has 0 aromatic carbocycles. The quantitative estimate of drug-likeness (QED) is 0.774. The van der Waals surface area contributed by atoms with Crippen LogP contribution in [0.1, 0.15) is 26.7 Å². The smallest absolute Gasteiger partial charge is 0.223 e. The highest BCUT2D eigenvalue weighted by atomic mass is 32.1. The summed E-state index contributed by atoms with van der Waals surface area (Å²) in [5.74, 6) is 1.87. The van der Waals surface area contributed by atoms with Gasteiger partial charge in [-0.05, 0) is 18.3 Å². The second kappa shape index (κ2) is 5.61. The Hall–Kier alpha value is -0.220. The SMILES string of the molecule is CC1CC(C)CN(CCN2CC(S)CC2=O)C1. The predicted molar refractivity (Wildman–Crippen MR) is 73.4 cm³/mol. The molecule has 0 aromatic heterocycles. The molecule has 2 saturated heterocycles. The van der Waals surface area contributed by atoms with E-state index < -0.39 is 0 Å². The minimum absolute atomic E-state index is 0.252. The molecule has 2 fully saturated rings. The Labute approximate surface area is 110 Å². The number of thiol groups is 1. The van der Waals surface area contributed by atoms with Gasteiger partial charge in [0.15, 0.2) is 0 Å². The minimum atomic E-state index is 0.252. The topological polar surface area (TPSA) is 23.6 Å². The van der Waals surface area contributed by atoms with Gasteiger partial charge >= 0.3 is 0 Å². The second-order valence-electron chi connectivity index (χ2n) is 5.90.